The van der Waals surface area contributed by atoms with Crippen molar-refractivity contribution in [1.82, 2.24) is 0 Å². The third kappa shape index (κ3) is 96.0. The molecule has 0 saturated carbocycles. The summed E-state index contributed by atoms with van der Waals surface area (Å²) in [6, 6.07) is 7.45. The Morgan fingerprint density at radius 1 is 0.522 bits per heavy atom. The van der Waals surface area contributed by atoms with Crippen molar-refractivity contribution in [3.8, 4) is 5.75 Å². The number of carboxylic acids is 3. The van der Waals surface area contributed by atoms with Gasteiger partial charge in [0.25, 0.3) is 0 Å². The quantitative estimate of drug-likeness (QED) is 0.00560. The van der Waals surface area contributed by atoms with Crippen molar-refractivity contribution >= 4 is 39.3 Å². The van der Waals surface area contributed by atoms with Crippen LogP contribution in [0.5, 0.6) is 5.75 Å². The van der Waals surface area contributed by atoms with E-state index in [1.54, 1.807) is 45.4 Å². The van der Waals surface area contributed by atoms with Gasteiger partial charge in [-0.05, 0) is 202 Å². The van der Waals surface area contributed by atoms with Crippen LogP contribution in [0.15, 0.2) is 150 Å². The molecule has 0 heterocycles. The van der Waals surface area contributed by atoms with Crippen molar-refractivity contribution in [2.75, 3.05) is 59.6 Å². The summed E-state index contributed by atoms with van der Waals surface area (Å²) in [5.41, 5.74) is 7.05. The van der Waals surface area contributed by atoms with Gasteiger partial charge >= 0.3 is 23.9 Å². The van der Waals surface area contributed by atoms with Crippen molar-refractivity contribution in [3.63, 3.8) is 0 Å². The van der Waals surface area contributed by atoms with Gasteiger partial charge in [0.1, 0.15) is 5.75 Å². The fourth-order valence-corrected chi connectivity index (χ4v) is 7.87. The van der Waals surface area contributed by atoms with Gasteiger partial charge in [-0.2, -0.15) is 0 Å². The standard InChI is InChI=1S/3C14H26O.C8H16O3Si.C6H7NO.C4H6O2.C3H8O2.2C3H4O2.2CH4.2Ti.2Zr/c3*1-4-7-9-11-14(6-3,13-15)12-10-8-5-2;1-7(2)8(9)11-5-4-6-12-10-3;7-5-1-3-6(8)4-2-5;1-3(2)4(5)6;1-5-3-2-4;2*1-2-3(4)5;;;;;;/h3*4-5,15H,1-2,6-13H2,3H3;1,4-6,12H2,2-3H3;1-4,8H,7H2;1H2,2H3,(H,5,6);4H,2-3H2,1H3;2*2H,1H2,(H,4,5);2*1H4;;;;. The molecular weight excluding hydrogens is 1410 g/mol. The Labute approximate surface area is 631 Å². The first-order valence-corrected chi connectivity index (χ1v) is 31.4. The number of aliphatic carboxylic acids is 3. The van der Waals surface area contributed by atoms with Crippen molar-refractivity contribution < 1.29 is 170 Å². The average Bonchev–Trinajstić information content (AvgIpc) is 3.12. The first-order chi connectivity index (χ1) is 40.8. The minimum atomic E-state index is -0.981. The van der Waals surface area contributed by atoms with E-state index in [0.29, 0.717) is 44.3 Å². The van der Waals surface area contributed by atoms with Crippen LogP contribution in [0.1, 0.15) is 191 Å². The van der Waals surface area contributed by atoms with E-state index in [1.807, 2.05) is 36.5 Å². The Morgan fingerprint density at radius 2 is 0.783 bits per heavy atom. The van der Waals surface area contributed by atoms with E-state index in [0.717, 1.165) is 159 Å². The van der Waals surface area contributed by atoms with E-state index in [1.165, 1.54) is 6.92 Å². The number of carbonyl (C=O) groups excluding carboxylic acids is 1. The maximum atomic E-state index is 10.8. The number of hydrogen-bond donors (Lipinski definition) is 9. The number of benzene rings is 1. The second-order valence-corrected chi connectivity index (χ2v) is 21.9. The number of rotatable bonds is 41. The van der Waals surface area contributed by atoms with Gasteiger partial charge in [-0.25, -0.2) is 19.2 Å². The number of nitrogens with two attached hydrogens (primary N) is 1. The Kier molecular flexibility index (Phi) is 126. The molecule has 0 radical (unpaired) electrons. The van der Waals surface area contributed by atoms with Crippen LogP contribution in [0.2, 0.25) is 6.04 Å². The molecule has 0 aliphatic rings. The van der Waals surface area contributed by atoms with E-state index in [9.17, 15) is 34.5 Å². The number of anilines is 1. The Bertz CT molecular complexity index is 1690. The minimum absolute atomic E-state index is 0. The first-order valence-electron chi connectivity index (χ1n) is 29.8. The van der Waals surface area contributed by atoms with Gasteiger partial charge < -0.3 is 60.5 Å². The number of hydrogen-bond acceptors (Lipinski definition) is 13. The Balaban J connectivity index is -0.0000000633. The van der Waals surface area contributed by atoms with E-state index in [2.05, 4.69) is 91.3 Å². The van der Waals surface area contributed by atoms with Crippen LogP contribution in [-0.2, 0) is 129 Å². The molecule has 0 aliphatic carbocycles. The summed E-state index contributed by atoms with van der Waals surface area (Å²) >= 11 is 0. The van der Waals surface area contributed by atoms with Gasteiger partial charge in [0, 0.05) is 159 Å². The number of methoxy groups -OCH3 is 1. The summed E-state index contributed by atoms with van der Waals surface area (Å²) in [6.07, 6.45) is 37.4. The molecule has 10 N–H and O–H groups in total. The molecule has 530 valence electrons. The predicted molar refractivity (Wildman–Crippen MR) is 378 cm³/mol. The largest absolute Gasteiger partial charge is 0.508 e. The maximum absolute atomic E-state index is 10.8. The second-order valence-electron chi connectivity index (χ2n) is 20.2. The topological polar surface area (TPSA) is 284 Å². The van der Waals surface area contributed by atoms with E-state index >= 15 is 0 Å². The molecule has 1 rings (SSSR count). The number of esters is 1. The third-order valence-electron chi connectivity index (χ3n) is 13.2. The smallest absolute Gasteiger partial charge is 0.333 e. The maximum Gasteiger partial charge on any atom is 0.333 e. The first kappa shape index (κ1) is 123. The summed E-state index contributed by atoms with van der Waals surface area (Å²) in [5.74, 6) is -2.95. The number of phenolic OH excluding ortho intramolecular Hbond substituents is 1. The molecule has 0 aliphatic heterocycles. The van der Waals surface area contributed by atoms with Gasteiger partial charge in [0.2, 0.25) is 0 Å². The molecule has 0 fully saturated rings. The number of phenols is 1. The molecule has 0 saturated heterocycles. The van der Waals surface area contributed by atoms with E-state index in [4.69, 9.17) is 40.4 Å². The van der Waals surface area contributed by atoms with Crippen LogP contribution in [0.3, 0.4) is 0 Å². The van der Waals surface area contributed by atoms with Crippen LogP contribution in [0.4, 0.5) is 5.69 Å². The Morgan fingerprint density at radius 3 is 0.924 bits per heavy atom. The van der Waals surface area contributed by atoms with Crippen molar-refractivity contribution in [3.05, 3.63) is 150 Å². The molecule has 21 heteroatoms. The fourth-order valence-electron chi connectivity index (χ4n) is 7.18. The van der Waals surface area contributed by atoms with Crippen molar-refractivity contribution in [2.45, 2.75) is 197 Å². The monoisotopic (exact) mass is 1540 g/mol. The number of carboxylic acid groups (broad SMARTS) is 3. The third-order valence-corrected chi connectivity index (χ3v) is 14.4. The summed E-state index contributed by atoms with van der Waals surface area (Å²) < 4.78 is 14.3. The number of nitrogen functional groups attached to an aromatic ring is 1. The number of carbonyl (C=O) groups is 4. The molecule has 92 heavy (non-hydrogen) atoms. The number of aliphatic hydroxyl groups is 4. The van der Waals surface area contributed by atoms with Gasteiger partial charge in [-0.15, -0.1) is 39.5 Å². The SMILES string of the molecule is C.C.C=C(C)C(=O)O.C=C(C)C(=O)OCCC[SiH2]OC.C=CC(=O)O.C=CC(=O)O.C=CCCCC(CC)(CO)CCCC=C.C=CCCCC(CC)(CO)CCCC=C.C=CCCCC(CC)(CO)CCCC=C.COCCO.Nc1ccc(O)cc1.[Ti].[Ti].[Zr].[Zr]. The normalized spacial score (nSPS) is 9.34. The van der Waals surface area contributed by atoms with Crippen molar-refractivity contribution in [1.29, 1.82) is 0 Å². The van der Waals surface area contributed by atoms with Crippen LogP contribution >= 0.6 is 0 Å². The number of allylic oxidation sites excluding steroid dienone is 6. The molecule has 0 bridgehead atoms. The molecule has 0 unspecified atom stereocenters. The molecule has 16 nitrogen and oxygen atoms in total. The van der Waals surface area contributed by atoms with Gasteiger partial charge in [-0.1, -0.05) is 98.4 Å². The number of ether oxygens (including phenoxy) is 2. The summed E-state index contributed by atoms with van der Waals surface area (Å²) in [6.45, 7) is 46.6. The fraction of sp³-hybridized carbons (Fsp3) is 0.577. The molecule has 1 aromatic rings. The van der Waals surface area contributed by atoms with Crippen LogP contribution in [-0.4, -0.2) is 128 Å². The van der Waals surface area contributed by atoms with Gasteiger partial charge in [-0.3, -0.25) is 0 Å². The summed E-state index contributed by atoms with van der Waals surface area (Å²) in [5, 5.41) is 68.3. The van der Waals surface area contributed by atoms with E-state index in [-0.39, 0.29) is 161 Å². The zero-order valence-electron chi connectivity index (χ0n) is 56.7. The minimum Gasteiger partial charge on any atom is -0.508 e. The second kappa shape index (κ2) is 94.7. The van der Waals surface area contributed by atoms with Crippen LogP contribution in [0, 0.1) is 16.2 Å². The number of aliphatic hydroxyl groups excluding tert-OH is 4. The number of aromatic hydroxyl groups is 1. The molecular formula is C71H131NO15SiTi2Zr2. The molecule has 0 amide bonds. The zero-order valence-corrected chi connectivity index (χ0v) is 66.2. The van der Waals surface area contributed by atoms with E-state index < -0.39 is 17.9 Å². The van der Waals surface area contributed by atoms with Crippen LogP contribution < -0.4 is 5.73 Å². The Hall–Kier alpha value is -2.73. The predicted octanol–water partition coefficient (Wildman–Crippen LogP) is 15.9. The van der Waals surface area contributed by atoms with Crippen LogP contribution in [0.25, 0.3) is 0 Å². The molecule has 0 spiro atoms. The zero-order chi connectivity index (χ0) is 67.9. The molecule has 0 atom stereocenters. The summed E-state index contributed by atoms with van der Waals surface area (Å²) in [7, 11) is 2.91. The van der Waals surface area contributed by atoms with Gasteiger partial charge in [0.15, 0.2) is 9.76 Å². The summed E-state index contributed by atoms with van der Waals surface area (Å²) in [4.78, 5) is 38.9. The average molecular weight is 1550 g/mol. The molecule has 0 aromatic heterocycles. The molecule has 1 aromatic carbocycles. The van der Waals surface area contributed by atoms with Crippen molar-refractivity contribution in [2.24, 2.45) is 16.2 Å². The number of unbranched alkanes of at least 4 members (excludes halogenated alkanes) is 6. The van der Waals surface area contributed by atoms with Gasteiger partial charge in [0.05, 0.1) is 19.8 Å².